The maximum absolute atomic E-state index is 11.7. The van der Waals surface area contributed by atoms with Crippen LogP contribution in [-0.2, 0) is 14.3 Å². The van der Waals surface area contributed by atoms with Crippen molar-refractivity contribution in [2.75, 3.05) is 0 Å². The van der Waals surface area contributed by atoms with Crippen LogP contribution in [0.1, 0.15) is 27.7 Å². The fourth-order valence-electron chi connectivity index (χ4n) is 2.03. The number of amides is 1. The standard InChI is InChI=1S/C12H15NO4/c1-5-6-9(14)13-7(11(15)16)8(12(2,3)4)17-10(6)13/h5,10H,1-4H3,(H,15,16)/b6-5-. The molecule has 2 heterocycles. The van der Waals surface area contributed by atoms with Crippen molar-refractivity contribution >= 4 is 11.9 Å². The lowest BCUT2D eigenvalue weighted by Gasteiger charge is -2.35. The molecule has 5 heteroatoms. The van der Waals surface area contributed by atoms with Gasteiger partial charge in [0.1, 0.15) is 5.76 Å². The Bertz CT molecular complexity index is 467. The lowest BCUT2D eigenvalue weighted by atomic mass is 9.92. The van der Waals surface area contributed by atoms with Crippen LogP contribution in [-0.4, -0.2) is 28.1 Å². The van der Waals surface area contributed by atoms with Gasteiger partial charge in [-0.15, -0.1) is 0 Å². The Balaban J connectivity index is 2.47. The first-order valence-corrected chi connectivity index (χ1v) is 5.43. The van der Waals surface area contributed by atoms with E-state index in [1.807, 2.05) is 20.8 Å². The van der Waals surface area contributed by atoms with E-state index in [1.54, 1.807) is 13.0 Å². The fourth-order valence-corrected chi connectivity index (χ4v) is 2.03. The van der Waals surface area contributed by atoms with Gasteiger partial charge in [-0.2, -0.15) is 0 Å². The first kappa shape index (κ1) is 11.7. The summed E-state index contributed by atoms with van der Waals surface area (Å²) < 4.78 is 5.61. The molecule has 2 rings (SSSR count). The van der Waals surface area contributed by atoms with Gasteiger partial charge in [-0.25, -0.2) is 4.79 Å². The highest BCUT2D eigenvalue weighted by Crippen LogP contribution is 2.45. The number of carboxylic acid groups (broad SMARTS) is 1. The molecule has 0 bridgehead atoms. The van der Waals surface area contributed by atoms with Crippen molar-refractivity contribution in [2.45, 2.75) is 33.9 Å². The molecule has 1 N–H and O–H groups in total. The van der Waals surface area contributed by atoms with E-state index in [0.717, 1.165) is 0 Å². The first-order valence-electron chi connectivity index (χ1n) is 5.43. The van der Waals surface area contributed by atoms with Gasteiger partial charge in [-0.3, -0.25) is 9.69 Å². The van der Waals surface area contributed by atoms with E-state index in [0.29, 0.717) is 11.3 Å². The average molecular weight is 237 g/mol. The van der Waals surface area contributed by atoms with E-state index in [2.05, 4.69) is 0 Å². The Kier molecular flexibility index (Phi) is 2.31. The number of allylic oxidation sites excluding steroid dienone is 2. The van der Waals surface area contributed by atoms with Crippen LogP contribution in [0.15, 0.2) is 23.1 Å². The van der Waals surface area contributed by atoms with Gasteiger partial charge in [0.05, 0.1) is 5.57 Å². The molecule has 0 aromatic carbocycles. The van der Waals surface area contributed by atoms with E-state index >= 15 is 0 Å². The van der Waals surface area contributed by atoms with E-state index in [1.165, 1.54) is 4.90 Å². The zero-order valence-electron chi connectivity index (χ0n) is 10.3. The molecule has 1 unspecified atom stereocenters. The van der Waals surface area contributed by atoms with Crippen LogP contribution >= 0.6 is 0 Å². The van der Waals surface area contributed by atoms with Gasteiger partial charge in [0.2, 0.25) is 6.23 Å². The number of β-lactam (4-membered cyclic amide) rings is 1. The molecule has 92 valence electrons. The molecule has 2 aliphatic heterocycles. The molecule has 2 aliphatic rings. The van der Waals surface area contributed by atoms with Crippen molar-refractivity contribution in [3.8, 4) is 0 Å². The van der Waals surface area contributed by atoms with Crippen molar-refractivity contribution in [3.05, 3.63) is 23.1 Å². The van der Waals surface area contributed by atoms with Gasteiger partial charge in [-0.1, -0.05) is 26.8 Å². The Morgan fingerprint density at radius 3 is 2.47 bits per heavy atom. The Morgan fingerprint density at radius 1 is 1.47 bits per heavy atom. The number of carbonyl (C=O) groups excluding carboxylic acids is 1. The maximum Gasteiger partial charge on any atom is 0.356 e. The minimum absolute atomic E-state index is 0.0295. The fraction of sp³-hybridized carbons (Fsp3) is 0.500. The zero-order chi connectivity index (χ0) is 13.0. The third kappa shape index (κ3) is 1.45. The first-order chi connectivity index (χ1) is 7.79. The van der Waals surface area contributed by atoms with Crippen molar-refractivity contribution in [1.29, 1.82) is 0 Å². The smallest absolute Gasteiger partial charge is 0.356 e. The summed E-state index contributed by atoms with van der Waals surface area (Å²) in [6, 6.07) is 0. The SMILES string of the molecule is C/C=C1/C(=O)N2C(C(=O)O)=C(C(C)(C)C)OC12. The van der Waals surface area contributed by atoms with E-state index in [9.17, 15) is 14.7 Å². The molecular formula is C12H15NO4. The van der Waals surface area contributed by atoms with E-state index in [-0.39, 0.29) is 11.6 Å². The number of fused-ring (bicyclic) bond motifs is 1. The predicted octanol–water partition coefficient (Wildman–Crippen LogP) is 1.47. The number of nitrogens with zero attached hydrogens (tertiary/aromatic N) is 1. The topological polar surface area (TPSA) is 66.8 Å². The molecule has 1 fully saturated rings. The molecule has 1 amide bonds. The van der Waals surface area contributed by atoms with Gasteiger partial charge < -0.3 is 9.84 Å². The molecule has 0 aromatic rings. The number of ether oxygens (including phenoxy) is 1. The predicted molar refractivity (Wildman–Crippen MR) is 59.6 cm³/mol. The third-order valence-corrected chi connectivity index (χ3v) is 2.85. The quantitative estimate of drug-likeness (QED) is 0.554. The Morgan fingerprint density at radius 2 is 2.06 bits per heavy atom. The van der Waals surface area contributed by atoms with E-state index in [4.69, 9.17) is 4.74 Å². The second kappa shape index (κ2) is 3.35. The molecule has 0 saturated carbocycles. The second-order valence-corrected chi connectivity index (χ2v) is 5.12. The Labute approximate surface area is 99.4 Å². The summed E-state index contributed by atoms with van der Waals surface area (Å²) in [6.07, 6.45) is 1.11. The average Bonchev–Trinajstić information content (AvgIpc) is 2.53. The second-order valence-electron chi connectivity index (χ2n) is 5.12. The lowest BCUT2D eigenvalue weighted by Crippen LogP contribution is -2.52. The zero-order valence-corrected chi connectivity index (χ0v) is 10.3. The Hall–Kier alpha value is -1.78. The number of carboxylic acids is 1. The monoisotopic (exact) mass is 237 g/mol. The molecule has 1 saturated heterocycles. The van der Waals surface area contributed by atoms with Gasteiger partial charge >= 0.3 is 5.97 Å². The van der Waals surface area contributed by atoms with Gasteiger partial charge in [-0.05, 0) is 6.92 Å². The lowest BCUT2D eigenvalue weighted by molar-refractivity contribution is -0.147. The van der Waals surface area contributed by atoms with Crippen molar-refractivity contribution in [2.24, 2.45) is 5.41 Å². The number of rotatable bonds is 1. The van der Waals surface area contributed by atoms with Gasteiger partial charge in [0, 0.05) is 5.41 Å². The molecule has 0 radical (unpaired) electrons. The molecule has 0 spiro atoms. The number of hydrogen-bond acceptors (Lipinski definition) is 3. The van der Waals surface area contributed by atoms with E-state index < -0.39 is 17.6 Å². The highest BCUT2D eigenvalue weighted by molar-refractivity contribution is 6.07. The van der Waals surface area contributed by atoms with Crippen LogP contribution in [0.4, 0.5) is 0 Å². The molecule has 5 nitrogen and oxygen atoms in total. The van der Waals surface area contributed by atoms with Crippen LogP contribution in [0, 0.1) is 5.41 Å². The summed E-state index contributed by atoms with van der Waals surface area (Å²) in [5.41, 5.74) is 0.0468. The number of carbonyl (C=O) groups is 2. The number of hydrogen-bond donors (Lipinski definition) is 1. The van der Waals surface area contributed by atoms with Crippen LogP contribution in [0.2, 0.25) is 0 Å². The summed E-state index contributed by atoms with van der Waals surface area (Å²) in [5.74, 6) is -1.05. The van der Waals surface area contributed by atoms with Crippen molar-refractivity contribution in [3.63, 3.8) is 0 Å². The minimum Gasteiger partial charge on any atom is -0.476 e. The largest absolute Gasteiger partial charge is 0.476 e. The highest BCUT2D eigenvalue weighted by Gasteiger charge is 2.55. The minimum atomic E-state index is -1.12. The highest BCUT2D eigenvalue weighted by atomic mass is 16.5. The van der Waals surface area contributed by atoms with Crippen LogP contribution < -0.4 is 0 Å². The normalized spacial score (nSPS) is 25.9. The molecule has 0 aliphatic carbocycles. The molecular weight excluding hydrogens is 222 g/mol. The molecule has 0 aromatic heterocycles. The van der Waals surface area contributed by atoms with Crippen molar-refractivity contribution < 1.29 is 19.4 Å². The van der Waals surface area contributed by atoms with Crippen LogP contribution in [0.25, 0.3) is 0 Å². The van der Waals surface area contributed by atoms with Crippen molar-refractivity contribution in [1.82, 2.24) is 4.90 Å². The number of aliphatic carboxylic acids is 1. The summed E-state index contributed by atoms with van der Waals surface area (Å²) in [6.45, 7) is 7.31. The van der Waals surface area contributed by atoms with Crippen LogP contribution in [0.5, 0.6) is 0 Å². The summed E-state index contributed by atoms with van der Waals surface area (Å²) in [5, 5.41) is 9.19. The van der Waals surface area contributed by atoms with Crippen LogP contribution in [0.3, 0.4) is 0 Å². The molecule has 1 atom stereocenters. The summed E-state index contributed by atoms with van der Waals surface area (Å²) in [4.78, 5) is 24.2. The van der Waals surface area contributed by atoms with Gasteiger partial charge in [0.25, 0.3) is 5.91 Å². The summed E-state index contributed by atoms with van der Waals surface area (Å²) >= 11 is 0. The maximum atomic E-state index is 11.7. The molecule has 17 heavy (non-hydrogen) atoms. The summed E-state index contributed by atoms with van der Waals surface area (Å²) in [7, 11) is 0. The van der Waals surface area contributed by atoms with Gasteiger partial charge in [0.15, 0.2) is 5.70 Å². The third-order valence-electron chi connectivity index (χ3n) is 2.85.